The number of carbonyl (C=O) groups excluding carboxylic acids is 1. The normalized spacial score (nSPS) is 11.5. The first-order valence-corrected chi connectivity index (χ1v) is 21.5. The Balaban J connectivity index is 1.51. The molecule has 0 aliphatic carbocycles. The predicted octanol–water partition coefficient (Wildman–Crippen LogP) is 9.03. The summed E-state index contributed by atoms with van der Waals surface area (Å²) < 4.78 is 65.5. The highest BCUT2D eigenvalue weighted by molar-refractivity contribution is 7.86. The van der Waals surface area contributed by atoms with E-state index in [0.717, 1.165) is 53.8 Å². The Labute approximate surface area is 366 Å². The Morgan fingerprint density at radius 3 is 1.61 bits per heavy atom. The minimum atomic E-state index is -4.56. The van der Waals surface area contributed by atoms with E-state index in [2.05, 4.69) is 47.5 Å². The summed E-state index contributed by atoms with van der Waals surface area (Å²) in [5, 5.41) is 65.7. The lowest BCUT2D eigenvalue weighted by molar-refractivity contribution is -0.114. The lowest BCUT2D eigenvalue weighted by Gasteiger charge is -2.16. The fourth-order valence-electron chi connectivity index (χ4n) is 5.78. The number of anilines is 5. The lowest BCUT2D eigenvalue weighted by Crippen LogP contribution is -2.05. The Morgan fingerprint density at radius 2 is 1.14 bits per heavy atom. The first-order valence-electron chi connectivity index (χ1n) is 17.8. The Hall–Kier alpha value is -8.26. The lowest BCUT2D eigenvalue weighted by atomic mass is 10.0. The summed E-state index contributed by atoms with van der Waals surface area (Å²) in [6.07, 6.45) is 0. The summed E-state index contributed by atoms with van der Waals surface area (Å²) in [6.45, 7) is 2.83. The van der Waals surface area contributed by atoms with Crippen molar-refractivity contribution in [2.75, 3.05) is 16.0 Å². The summed E-state index contributed by atoms with van der Waals surface area (Å²) in [5.41, 5.74) is 0.545. The number of nitrogens with zero attached hydrogens (tertiary/aromatic N) is 7. The number of azo groups is 2. The highest BCUT2D eigenvalue weighted by Gasteiger charge is 2.23. The van der Waals surface area contributed by atoms with Crippen LogP contribution in [0.5, 0.6) is 0 Å². The highest BCUT2D eigenvalue weighted by Crippen LogP contribution is 2.49. The molecule has 0 unspecified atom stereocenters. The number of aromatic nitrogens is 1. The molecule has 0 saturated carbocycles. The van der Waals surface area contributed by atoms with Gasteiger partial charge in [0.25, 0.3) is 20.2 Å². The number of rotatable bonds is 14. The first-order chi connectivity index (χ1) is 30.2. The van der Waals surface area contributed by atoms with Crippen molar-refractivity contribution in [3.8, 4) is 23.3 Å². The minimum absolute atomic E-state index is 0.0415. The van der Waals surface area contributed by atoms with Crippen molar-refractivity contribution < 1.29 is 50.5 Å². The van der Waals surface area contributed by atoms with Crippen LogP contribution < -0.4 is 16.0 Å². The SMILES string of the molecule is CC(=O)Nc1ccc(-c2c(N=Nc3cc(C(=O)O)cc(C(=O)O)c3)sc(/N=N/c3c(Nc4ccc(S(=O)(=O)O)cc4)nc(Nc4ccc(S(=O)(=O)O)cc4)c(C#N)c3C)c2C#N)cc1. The number of hydrogen-bond acceptors (Lipinski definition) is 17. The maximum atomic E-state index is 11.8. The van der Waals surface area contributed by atoms with Gasteiger partial charge in [-0.1, -0.05) is 23.5 Å². The van der Waals surface area contributed by atoms with E-state index in [4.69, 9.17) is 0 Å². The number of benzene rings is 4. The van der Waals surface area contributed by atoms with E-state index in [1.54, 1.807) is 24.3 Å². The topological polar surface area (TPSA) is 346 Å². The van der Waals surface area contributed by atoms with Crippen LogP contribution in [0, 0.1) is 29.6 Å². The van der Waals surface area contributed by atoms with Crippen molar-refractivity contribution in [2.24, 2.45) is 20.5 Å². The minimum Gasteiger partial charge on any atom is -0.478 e. The van der Waals surface area contributed by atoms with Gasteiger partial charge in [-0.05, 0) is 91.3 Å². The second-order valence-corrected chi connectivity index (χ2v) is 17.0. The van der Waals surface area contributed by atoms with Crippen molar-refractivity contribution >= 4 is 99.5 Å². The first kappa shape index (κ1) is 45.3. The third-order valence-corrected chi connectivity index (χ3v) is 11.4. The molecule has 6 rings (SSSR count). The average molecular weight is 921 g/mol. The van der Waals surface area contributed by atoms with E-state index < -0.39 is 42.0 Å². The van der Waals surface area contributed by atoms with Crippen molar-refractivity contribution in [3.63, 3.8) is 0 Å². The molecule has 322 valence electrons. The monoisotopic (exact) mass is 920 g/mol. The van der Waals surface area contributed by atoms with E-state index in [9.17, 15) is 61.1 Å². The zero-order valence-corrected chi connectivity index (χ0v) is 35.1. The quantitative estimate of drug-likeness (QED) is 0.0395. The van der Waals surface area contributed by atoms with Crippen LogP contribution in [0.4, 0.5) is 50.1 Å². The number of thiophene rings is 1. The molecule has 0 fully saturated rings. The van der Waals surface area contributed by atoms with Crippen LogP contribution in [-0.4, -0.2) is 59.0 Å². The molecule has 0 aliphatic rings. The number of carboxylic acid groups (broad SMARTS) is 2. The van der Waals surface area contributed by atoms with Gasteiger partial charge in [-0.3, -0.25) is 13.9 Å². The van der Waals surface area contributed by atoms with E-state index in [0.29, 0.717) is 11.3 Å². The standard InChI is InChI=1S/C40H28N10O11S3/c1-20-31(18-41)35(44-26-7-11-29(12-8-26)63(56,57)58)46-36(45-27-9-13-30(14-10-27)64(59,60)61)34(20)48-49-37-32(19-42)33(22-3-5-25(6-4-22)43-21(2)51)38(62-37)50-47-28-16-23(39(52)53)15-24(17-28)40(54)55/h3-17H,1-2H3,(H,43,51)(H,52,53)(H,54,55)(H2,44,45,46)(H,56,57,58)(H,59,60,61)/b49-48+,50-47?. The van der Waals surface area contributed by atoms with Gasteiger partial charge in [0.15, 0.2) is 16.6 Å². The van der Waals surface area contributed by atoms with Gasteiger partial charge in [-0.2, -0.15) is 27.4 Å². The Morgan fingerprint density at radius 1 is 0.656 bits per heavy atom. The molecule has 24 heteroatoms. The van der Waals surface area contributed by atoms with E-state index in [1.165, 1.54) is 38.1 Å². The molecule has 4 aromatic carbocycles. The molecule has 0 bridgehead atoms. The van der Waals surface area contributed by atoms with Crippen LogP contribution in [0.15, 0.2) is 121 Å². The molecule has 0 aliphatic heterocycles. The molecule has 0 radical (unpaired) electrons. The number of hydrogen-bond donors (Lipinski definition) is 7. The predicted molar refractivity (Wildman–Crippen MR) is 230 cm³/mol. The number of carbonyl (C=O) groups is 3. The summed E-state index contributed by atoms with van der Waals surface area (Å²) >= 11 is 0.812. The number of amides is 1. The zero-order valence-electron chi connectivity index (χ0n) is 32.7. The number of nitriles is 2. The van der Waals surface area contributed by atoms with Gasteiger partial charge < -0.3 is 26.2 Å². The highest BCUT2D eigenvalue weighted by atomic mass is 32.2. The van der Waals surface area contributed by atoms with Crippen LogP contribution in [-0.2, 0) is 25.0 Å². The number of pyridine rings is 1. The van der Waals surface area contributed by atoms with E-state index in [-0.39, 0.29) is 83.7 Å². The summed E-state index contributed by atoms with van der Waals surface area (Å²) in [4.78, 5) is 38.9. The second-order valence-electron chi connectivity index (χ2n) is 13.1. The molecule has 0 spiro atoms. The average Bonchev–Trinajstić information content (AvgIpc) is 3.59. The molecule has 2 aromatic heterocycles. The third kappa shape index (κ3) is 10.4. The number of aromatic carboxylic acids is 2. The summed E-state index contributed by atoms with van der Waals surface area (Å²) in [5.74, 6) is -3.31. The van der Waals surface area contributed by atoms with Gasteiger partial charge in [0, 0.05) is 35.1 Å². The maximum absolute atomic E-state index is 11.8. The molecular formula is C40H28N10O11S3. The van der Waals surface area contributed by atoms with Crippen LogP contribution in [0.25, 0.3) is 11.1 Å². The van der Waals surface area contributed by atoms with Gasteiger partial charge in [0.05, 0.1) is 32.2 Å². The summed E-state index contributed by atoms with van der Waals surface area (Å²) in [6, 6.07) is 23.2. The second kappa shape index (κ2) is 18.4. The van der Waals surface area contributed by atoms with Gasteiger partial charge in [0.1, 0.15) is 28.4 Å². The summed E-state index contributed by atoms with van der Waals surface area (Å²) in [7, 11) is -9.07. The molecule has 7 N–H and O–H groups in total. The molecule has 2 heterocycles. The molecule has 1 amide bonds. The fourth-order valence-corrected chi connectivity index (χ4v) is 7.66. The number of nitrogens with one attached hydrogen (secondary N) is 3. The van der Waals surface area contributed by atoms with Crippen molar-refractivity contribution in [1.82, 2.24) is 4.98 Å². The Bertz CT molecular complexity index is 3220. The fraction of sp³-hybridized carbons (Fsp3) is 0.0500. The maximum Gasteiger partial charge on any atom is 0.335 e. The smallest absolute Gasteiger partial charge is 0.335 e. The van der Waals surface area contributed by atoms with Crippen molar-refractivity contribution in [2.45, 2.75) is 23.6 Å². The third-order valence-electron chi connectivity index (χ3n) is 8.74. The molecule has 0 atom stereocenters. The van der Waals surface area contributed by atoms with Gasteiger partial charge in [-0.25, -0.2) is 14.6 Å². The van der Waals surface area contributed by atoms with Gasteiger partial charge in [0.2, 0.25) is 5.91 Å². The molecular weight excluding hydrogens is 893 g/mol. The zero-order chi connectivity index (χ0) is 46.5. The van der Waals surface area contributed by atoms with Crippen LogP contribution in [0.1, 0.15) is 44.3 Å². The van der Waals surface area contributed by atoms with Crippen LogP contribution >= 0.6 is 11.3 Å². The van der Waals surface area contributed by atoms with Gasteiger partial charge >= 0.3 is 11.9 Å². The Kier molecular flexibility index (Phi) is 13.0. The molecule has 64 heavy (non-hydrogen) atoms. The van der Waals surface area contributed by atoms with Crippen molar-refractivity contribution in [3.05, 3.63) is 119 Å². The molecule has 0 saturated heterocycles. The van der Waals surface area contributed by atoms with Crippen LogP contribution in [0.2, 0.25) is 0 Å². The molecule has 6 aromatic rings. The van der Waals surface area contributed by atoms with Gasteiger partial charge in [-0.15, -0.1) is 20.5 Å². The van der Waals surface area contributed by atoms with E-state index in [1.807, 2.05) is 6.07 Å². The number of carboxylic acids is 2. The van der Waals surface area contributed by atoms with E-state index >= 15 is 0 Å². The van der Waals surface area contributed by atoms with Crippen LogP contribution in [0.3, 0.4) is 0 Å². The largest absolute Gasteiger partial charge is 0.478 e. The van der Waals surface area contributed by atoms with Crippen molar-refractivity contribution in [1.29, 1.82) is 10.5 Å². The molecule has 21 nitrogen and oxygen atoms in total.